The van der Waals surface area contributed by atoms with E-state index >= 15 is 0 Å². The van der Waals surface area contributed by atoms with Gasteiger partial charge in [-0.15, -0.1) is 0 Å². The Hall–Kier alpha value is -4.07. The summed E-state index contributed by atoms with van der Waals surface area (Å²) in [5, 5.41) is 0.632. The molecule has 0 unspecified atom stereocenters. The van der Waals surface area contributed by atoms with Gasteiger partial charge in [0, 0.05) is 16.6 Å². The quantitative estimate of drug-likeness (QED) is 0.413. The molecule has 0 fully saturated rings. The summed E-state index contributed by atoms with van der Waals surface area (Å²) in [7, 11) is 0. The smallest absolute Gasteiger partial charge is 0.305 e. The summed E-state index contributed by atoms with van der Waals surface area (Å²) in [6, 6.07) is 16.7. The minimum atomic E-state index is -0.596. The van der Waals surface area contributed by atoms with Crippen LogP contribution >= 0.6 is 0 Å². The molecule has 158 valence electrons. The number of rotatable bonds is 6. The second-order valence-electron chi connectivity index (χ2n) is 6.97. The average Bonchev–Trinajstić information content (AvgIpc) is 3.36. The molecule has 0 aliphatic rings. The molecule has 0 atom stereocenters. The number of ether oxygens (including phenoxy) is 1. The van der Waals surface area contributed by atoms with Gasteiger partial charge in [-0.05, 0) is 55.0 Å². The van der Waals surface area contributed by atoms with Crippen LogP contribution in [-0.4, -0.2) is 16.8 Å². The van der Waals surface area contributed by atoms with Gasteiger partial charge in [0.05, 0.1) is 6.42 Å². The van der Waals surface area contributed by atoms with E-state index in [1.54, 1.807) is 19.1 Å². The molecule has 0 aliphatic carbocycles. The van der Waals surface area contributed by atoms with E-state index in [-0.39, 0.29) is 24.6 Å². The third-order valence-electron chi connectivity index (χ3n) is 4.74. The topological polar surface area (TPSA) is 96.4 Å². The summed E-state index contributed by atoms with van der Waals surface area (Å²) >= 11 is 0. The van der Waals surface area contributed by atoms with Crippen LogP contribution in [0.1, 0.15) is 27.6 Å². The van der Waals surface area contributed by atoms with E-state index in [0.29, 0.717) is 22.5 Å². The molecule has 31 heavy (non-hydrogen) atoms. The molecule has 0 bridgehead atoms. The average molecular weight is 421 g/mol. The zero-order valence-corrected chi connectivity index (χ0v) is 16.7. The summed E-state index contributed by atoms with van der Waals surface area (Å²) in [6.07, 6.45) is -0.0239. The fraction of sp³-hybridized carbons (Fsp3) is 0.130. The van der Waals surface area contributed by atoms with Crippen LogP contribution in [0.2, 0.25) is 0 Å². The maximum atomic E-state index is 13.6. The van der Waals surface area contributed by atoms with E-state index in [1.165, 1.54) is 18.2 Å². The van der Waals surface area contributed by atoms with E-state index in [1.807, 2.05) is 30.3 Å². The van der Waals surface area contributed by atoms with Gasteiger partial charge in [0.1, 0.15) is 23.9 Å². The van der Waals surface area contributed by atoms with Crippen molar-refractivity contribution in [1.82, 2.24) is 15.8 Å². The zero-order chi connectivity index (χ0) is 21.8. The van der Waals surface area contributed by atoms with Crippen LogP contribution in [0.3, 0.4) is 0 Å². The number of nitrogens with one attached hydrogen (secondary N) is 3. The van der Waals surface area contributed by atoms with Crippen molar-refractivity contribution in [3.8, 4) is 5.75 Å². The summed E-state index contributed by atoms with van der Waals surface area (Å²) in [4.78, 5) is 27.7. The third kappa shape index (κ3) is 4.75. The number of H-pyrrole nitrogens is 1. The number of aromatic amines is 1. The minimum Gasteiger partial charge on any atom is -0.486 e. The first-order valence-corrected chi connectivity index (χ1v) is 9.62. The Kier molecular flexibility index (Phi) is 5.70. The van der Waals surface area contributed by atoms with Crippen molar-refractivity contribution < 1.29 is 23.1 Å². The Labute approximate surface area is 177 Å². The first-order valence-electron chi connectivity index (χ1n) is 9.62. The van der Waals surface area contributed by atoms with E-state index in [4.69, 9.17) is 9.15 Å². The summed E-state index contributed by atoms with van der Waals surface area (Å²) in [5.41, 5.74) is 6.84. The summed E-state index contributed by atoms with van der Waals surface area (Å²) in [5.74, 6) is -0.230. The molecule has 4 aromatic rings. The monoisotopic (exact) mass is 421 g/mol. The molecular weight excluding hydrogens is 401 g/mol. The minimum absolute atomic E-state index is 0.0239. The Morgan fingerprint density at radius 3 is 2.68 bits per heavy atom. The predicted octanol–water partition coefficient (Wildman–Crippen LogP) is 3.79. The molecule has 8 heteroatoms. The second kappa shape index (κ2) is 8.74. The maximum absolute atomic E-state index is 13.6. The van der Waals surface area contributed by atoms with Gasteiger partial charge in [-0.1, -0.05) is 18.2 Å². The number of fused-ring (bicyclic) bond motifs is 1. The van der Waals surface area contributed by atoms with Crippen LogP contribution in [0.25, 0.3) is 10.9 Å². The second-order valence-corrected chi connectivity index (χ2v) is 6.97. The molecule has 2 amide bonds. The fourth-order valence-electron chi connectivity index (χ4n) is 3.22. The van der Waals surface area contributed by atoms with Gasteiger partial charge >= 0.3 is 5.91 Å². The number of hydrogen-bond donors (Lipinski definition) is 3. The number of hydrazine groups is 1. The van der Waals surface area contributed by atoms with Crippen LogP contribution < -0.4 is 15.6 Å². The summed E-state index contributed by atoms with van der Waals surface area (Å²) < 4.78 is 24.6. The van der Waals surface area contributed by atoms with Gasteiger partial charge < -0.3 is 14.1 Å². The molecule has 4 rings (SSSR count). The van der Waals surface area contributed by atoms with E-state index < -0.39 is 11.8 Å². The number of amides is 2. The van der Waals surface area contributed by atoms with Crippen molar-refractivity contribution >= 4 is 22.7 Å². The van der Waals surface area contributed by atoms with Crippen molar-refractivity contribution in [2.45, 2.75) is 20.0 Å². The molecule has 0 aliphatic heterocycles. The van der Waals surface area contributed by atoms with Gasteiger partial charge in [-0.2, -0.15) is 0 Å². The lowest BCUT2D eigenvalue weighted by Gasteiger charge is -2.07. The lowest BCUT2D eigenvalue weighted by molar-refractivity contribution is -0.121. The standard InChI is InChI=1S/C23H20FN3O4/c1-14-18(19-11-15(24)7-9-20(19)25-14)12-22(28)26-27-23(29)21-10-8-17(31-21)13-30-16-5-3-2-4-6-16/h2-11,25H,12-13H2,1H3,(H,26,28)(H,27,29). The molecule has 3 N–H and O–H groups in total. The number of aromatic nitrogens is 1. The Bertz CT molecular complexity index is 1230. The number of carbonyl (C=O) groups is 2. The highest BCUT2D eigenvalue weighted by atomic mass is 19.1. The number of furan rings is 1. The number of halogens is 1. The Morgan fingerprint density at radius 1 is 1.06 bits per heavy atom. The molecule has 0 spiro atoms. The van der Waals surface area contributed by atoms with Gasteiger partial charge in [-0.25, -0.2) is 4.39 Å². The Morgan fingerprint density at radius 2 is 1.87 bits per heavy atom. The molecule has 2 heterocycles. The Balaban J connectivity index is 1.32. The number of para-hydroxylation sites is 1. The van der Waals surface area contributed by atoms with E-state index in [2.05, 4.69) is 15.8 Å². The van der Waals surface area contributed by atoms with E-state index in [0.717, 1.165) is 11.2 Å². The molecule has 0 saturated heterocycles. The molecule has 0 saturated carbocycles. The van der Waals surface area contributed by atoms with Crippen LogP contribution in [0.15, 0.2) is 65.1 Å². The lowest BCUT2D eigenvalue weighted by Crippen LogP contribution is -2.42. The highest BCUT2D eigenvalue weighted by Crippen LogP contribution is 2.23. The molecule has 2 aromatic carbocycles. The van der Waals surface area contributed by atoms with Crippen LogP contribution in [0.5, 0.6) is 5.75 Å². The van der Waals surface area contributed by atoms with Crippen molar-refractivity contribution in [3.05, 3.63) is 89.3 Å². The van der Waals surface area contributed by atoms with Crippen LogP contribution in [-0.2, 0) is 17.8 Å². The molecule has 0 radical (unpaired) electrons. The number of carbonyl (C=O) groups excluding carboxylic acids is 2. The van der Waals surface area contributed by atoms with Gasteiger partial charge in [-0.3, -0.25) is 20.4 Å². The number of benzene rings is 2. The highest BCUT2D eigenvalue weighted by Gasteiger charge is 2.16. The summed E-state index contributed by atoms with van der Waals surface area (Å²) in [6.45, 7) is 1.97. The maximum Gasteiger partial charge on any atom is 0.305 e. The molecule has 7 nitrogen and oxygen atoms in total. The van der Waals surface area contributed by atoms with Gasteiger partial charge in [0.25, 0.3) is 0 Å². The fourth-order valence-corrected chi connectivity index (χ4v) is 3.22. The van der Waals surface area contributed by atoms with Crippen LogP contribution in [0.4, 0.5) is 4.39 Å². The zero-order valence-electron chi connectivity index (χ0n) is 16.7. The number of aryl methyl sites for hydroxylation is 1. The van der Waals surface area contributed by atoms with Crippen molar-refractivity contribution in [3.63, 3.8) is 0 Å². The predicted molar refractivity (Wildman–Crippen MR) is 112 cm³/mol. The van der Waals surface area contributed by atoms with Crippen LogP contribution in [0, 0.1) is 12.7 Å². The SMILES string of the molecule is Cc1[nH]c2ccc(F)cc2c1CC(=O)NNC(=O)c1ccc(COc2ccccc2)o1. The third-order valence-corrected chi connectivity index (χ3v) is 4.74. The highest BCUT2D eigenvalue weighted by molar-refractivity contribution is 5.94. The van der Waals surface area contributed by atoms with Crippen molar-refractivity contribution in [1.29, 1.82) is 0 Å². The molecule has 2 aromatic heterocycles. The van der Waals surface area contributed by atoms with Crippen molar-refractivity contribution in [2.24, 2.45) is 0 Å². The van der Waals surface area contributed by atoms with Crippen molar-refractivity contribution in [2.75, 3.05) is 0 Å². The number of hydrogen-bond acceptors (Lipinski definition) is 4. The van der Waals surface area contributed by atoms with E-state index in [9.17, 15) is 14.0 Å². The largest absolute Gasteiger partial charge is 0.486 e. The first-order chi connectivity index (χ1) is 15.0. The first kappa shape index (κ1) is 20.2. The lowest BCUT2D eigenvalue weighted by atomic mass is 10.1. The normalized spacial score (nSPS) is 10.8. The van der Waals surface area contributed by atoms with Gasteiger partial charge in [0.2, 0.25) is 5.91 Å². The van der Waals surface area contributed by atoms with Gasteiger partial charge in [0.15, 0.2) is 5.76 Å². The molecular formula is C23H20FN3O4.